The zero-order chi connectivity index (χ0) is 20.0. The lowest BCUT2D eigenvalue weighted by atomic mass is 9.73. The molecule has 1 aliphatic carbocycles. The van der Waals surface area contributed by atoms with E-state index in [0.29, 0.717) is 0 Å². The Hall–Kier alpha value is -2.60. The Balaban J connectivity index is 1.42. The first kappa shape index (κ1) is 18.4. The molecular weight excluding hydrogens is 430 g/mol. The minimum absolute atomic E-state index is 0.0902. The monoisotopic (exact) mass is 451 g/mol. The lowest BCUT2D eigenvalue weighted by molar-refractivity contribution is -0.0354. The highest BCUT2D eigenvalue weighted by molar-refractivity contribution is 9.10. The van der Waals surface area contributed by atoms with Crippen LogP contribution in [-0.2, 0) is 0 Å². The average Bonchev–Trinajstić information content (AvgIpc) is 2.68. The van der Waals surface area contributed by atoms with Gasteiger partial charge in [-0.3, -0.25) is 4.98 Å². The Kier molecular flexibility index (Phi) is 4.46. The van der Waals surface area contributed by atoms with Gasteiger partial charge >= 0.3 is 6.03 Å². The predicted molar refractivity (Wildman–Crippen MR) is 117 cm³/mol. The predicted octanol–water partition coefficient (Wildman–Crippen LogP) is 5.87. The number of anilines is 1. The van der Waals surface area contributed by atoms with Crippen molar-refractivity contribution >= 4 is 38.4 Å². The van der Waals surface area contributed by atoms with E-state index < -0.39 is 0 Å². The second-order valence-electron chi connectivity index (χ2n) is 8.04. The Morgan fingerprint density at radius 1 is 1.28 bits per heavy atom. The summed E-state index contributed by atoms with van der Waals surface area (Å²) in [5.74, 6) is 0.887. The van der Waals surface area contributed by atoms with Gasteiger partial charge in [0.25, 0.3) is 0 Å². The number of hydrogen-bond donors (Lipinski definition) is 2. The van der Waals surface area contributed by atoms with E-state index in [9.17, 15) is 4.79 Å². The molecule has 1 spiro atoms. The highest BCUT2D eigenvalue weighted by atomic mass is 79.9. The van der Waals surface area contributed by atoms with E-state index in [4.69, 9.17) is 4.74 Å². The van der Waals surface area contributed by atoms with Crippen LogP contribution in [-0.4, -0.2) is 16.6 Å². The van der Waals surface area contributed by atoms with Crippen LogP contribution >= 0.6 is 15.9 Å². The maximum atomic E-state index is 12.9. The Labute approximate surface area is 178 Å². The van der Waals surface area contributed by atoms with Crippen molar-refractivity contribution in [2.24, 2.45) is 0 Å². The average molecular weight is 452 g/mol. The second-order valence-corrected chi connectivity index (χ2v) is 8.89. The number of rotatable bonds is 2. The van der Waals surface area contributed by atoms with Crippen LogP contribution in [0.3, 0.4) is 0 Å². The highest BCUT2D eigenvalue weighted by Gasteiger charge is 2.46. The van der Waals surface area contributed by atoms with Crippen LogP contribution in [0.4, 0.5) is 10.5 Å². The number of ether oxygens (including phenoxy) is 1. The molecule has 2 amide bonds. The van der Waals surface area contributed by atoms with Crippen LogP contribution in [0.1, 0.15) is 42.9 Å². The first-order valence-electron chi connectivity index (χ1n) is 9.92. The number of aryl methyl sites for hydroxylation is 1. The van der Waals surface area contributed by atoms with E-state index in [0.717, 1.165) is 57.1 Å². The number of amides is 2. The van der Waals surface area contributed by atoms with Gasteiger partial charge in [0.2, 0.25) is 0 Å². The molecule has 1 atom stereocenters. The van der Waals surface area contributed by atoms with Gasteiger partial charge in [0.05, 0.1) is 11.7 Å². The Morgan fingerprint density at radius 2 is 2.14 bits per heavy atom. The van der Waals surface area contributed by atoms with Gasteiger partial charge in [-0.25, -0.2) is 4.79 Å². The van der Waals surface area contributed by atoms with Gasteiger partial charge in [-0.05, 0) is 56.0 Å². The van der Waals surface area contributed by atoms with Gasteiger partial charge in [-0.15, -0.1) is 0 Å². The van der Waals surface area contributed by atoms with Gasteiger partial charge < -0.3 is 15.4 Å². The number of carbonyl (C=O) groups is 1. The van der Waals surface area contributed by atoms with Crippen LogP contribution in [0, 0.1) is 6.92 Å². The van der Waals surface area contributed by atoms with Gasteiger partial charge in [-0.2, -0.15) is 0 Å². The molecule has 1 unspecified atom stereocenters. The molecule has 2 N–H and O–H groups in total. The zero-order valence-electron chi connectivity index (χ0n) is 16.2. The largest absolute Gasteiger partial charge is 0.487 e. The molecule has 0 saturated heterocycles. The molecule has 1 aliphatic heterocycles. The van der Waals surface area contributed by atoms with Gasteiger partial charge in [0.1, 0.15) is 11.4 Å². The third-order valence-electron chi connectivity index (χ3n) is 6.07. The summed E-state index contributed by atoms with van der Waals surface area (Å²) in [7, 11) is 0. The highest BCUT2D eigenvalue weighted by Crippen LogP contribution is 2.49. The fourth-order valence-corrected chi connectivity index (χ4v) is 4.70. The zero-order valence-corrected chi connectivity index (χ0v) is 17.8. The van der Waals surface area contributed by atoms with Crippen molar-refractivity contribution in [3.8, 4) is 5.75 Å². The summed E-state index contributed by atoms with van der Waals surface area (Å²) in [4.78, 5) is 17.1. The van der Waals surface area contributed by atoms with E-state index in [-0.39, 0.29) is 17.7 Å². The number of nitrogens with zero attached hydrogens (tertiary/aromatic N) is 1. The van der Waals surface area contributed by atoms with Crippen molar-refractivity contribution in [3.63, 3.8) is 0 Å². The molecule has 2 heterocycles. The summed E-state index contributed by atoms with van der Waals surface area (Å²) in [5, 5.41) is 8.18. The van der Waals surface area contributed by atoms with Gasteiger partial charge in [0.15, 0.2) is 0 Å². The molecule has 2 aliphatic rings. The molecule has 2 aromatic carbocycles. The Morgan fingerprint density at radius 3 is 2.93 bits per heavy atom. The van der Waals surface area contributed by atoms with Gasteiger partial charge in [0, 0.05) is 39.6 Å². The van der Waals surface area contributed by atoms with Crippen LogP contribution < -0.4 is 15.4 Å². The maximum absolute atomic E-state index is 12.9. The molecular formula is C23H22BrN3O2. The molecule has 5 rings (SSSR count). The number of fused-ring (bicyclic) bond motifs is 2. The topological polar surface area (TPSA) is 63.2 Å². The normalized spacial score (nSPS) is 19.2. The molecule has 0 radical (unpaired) electrons. The molecule has 1 saturated carbocycles. The van der Waals surface area contributed by atoms with Crippen molar-refractivity contribution in [1.29, 1.82) is 0 Å². The fourth-order valence-electron chi connectivity index (χ4n) is 4.34. The van der Waals surface area contributed by atoms with Crippen LogP contribution in [0.25, 0.3) is 10.8 Å². The molecule has 3 aromatic rings. The molecule has 148 valence electrons. The Bertz CT molecular complexity index is 1110. The number of aromatic nitrogens is 1. The fraction of sp³-hybridized carbons (Fsp3) is 0.304. The van der Waals surface area contributed by atoms with Crippen molar-refractivity contribution in [3.05, 3.63) is 64.4 Å². The number of hydrogen-bond acceptors (Lipinski definition) is 3. The quantitative estimate of drug-likeness (QED) is 0.511. The van der Waals surface area contributed by atoms with Crippen molar-refractivity contribution in [2.75, 3.05) is 5.32 Å². The first-order chi connectivity index (χ1) is 14.0. The van der Waals surface area contributed by atoms with Crippen LogP contribution in [0.2, 0.25) is 0 Å². The number of urea groups is 1. The summed E-state index contributed by atoms with van der Waals surface area (Å²) in [6.45, 7) is 2.06. The van der Waals surface area contributed by atoms with E-state index in [1.807, 2.05) is 24.3 Å². The van der Waals surface area contributed by atoms with E-state index in [2.05, 4.69) is 50.6 Å². The van der Waals surface area contributed by atoms with Crippen LogP contribution in [0.5, 0.6) is 5.75 Å². The maximum Gasteiger partial charge on any atom is 0.319 e. The number of halogens is 1. The standard InChI is InChI=1S/C23H22BrN3O2/c1-14-10-21-17(11-18(14)24)20(12-23(29-21)7-3-8-23)27-22(28)26-19-5-2-4-15-13-25-9-6-16(15)19/h2,4-6,9-11,13,20H,3,7-8,12H2,1H3,(H2,26,27,28). The first-order valence-corrected chi connectivity index (χ1v) is 10.7. The summed E-state index contributed by atoms with van der Waals surface area (Å²) in [5.41, 5.74) is 2.79. The number of nitrogens with one attached hydrogen (secondary N) is 2. The number of pyridine rings is 1. The SMILES string of the molecule is Cc1cc2c(cc1Br)C(NC(=O)Nc1cccc3cnccc13)CC1(CCC1)O2. The van der Waals surface area contributed by atoms with E-state index >= 15 is 0 Å². The smallest absolute Gasteiger partial charge is 0.319 e. The lowest BCUT2D eigenvalue weighted by Crippen LogP contribution is -2.50. The van der Waals surface area contributed by atoms with Crippen molar-refractivity contribution in [2.45, 2.75) is 44.2 Å². The van der Waals surface area contributed by atoms with Crippen molar-refractivity contribution in [1.82, 2.24) is 10.3 Å². The summed E-state index contributed by atoms with van der Waals surface area (Å²) in [6, 6.07) is 11.6. The minimum atomic E-state index is -0.210. The third kappa shape index (κ3) is 3.35. The van der Waals surface area contributed by atoms with E-state index in [1.54, 1.807) is 12.4 Å². The summed E-state index contributed by atoms with van der Waals surface area (Å²) < 4.78 is 7.41. The van der Waals surface area contributed by atoms with E-state index in [1.165, 1.54) is 6.42 Å². The van der Waals surface area contributed by atoms with Gasteiger partial charge in [-0.1, -0.05) is 28.1 Å². The lowest BCUT2D eigenvalue weighted by Gasteiger charge is -2.48. The number of carbonyl (C=O) groups excluding carboxylic acids is 1. The summed E-state index contributed by atoms with van der Waals surface area (Å²) in [6.07, 6.45) is 7.58. The molecule has 6 heteroatoms. The minimum Gasteiger partial charge on any atom is -0.487 e. The second kappa shape index (κ2) is 7.02. The molecule has 0 bridgehead atoms. The molecule has 1 aromatic heterocycles. The van der Waals surface area contributed by atoms with Crippen molar-refractivity contribution < 1.29 is 9.53 Å². The molecule has 29 heavy (non-hydrogen) atoms. The molecule has 5 nitrogen and oxygen atoms in total. The third-order valence-corrected chi connectivity index (χ3v) is 6.92. The summed E-state index contributed by atoms with van der Waals surface area (Å²) >= 11 is 3.62. The number of benzene rings is 2. The molecule has 1 fully saturated rings. The van der Waals surface area contributed by atoms with Crippen LogP contribution in [0.15, 0.2) is 53.3 Å².